The van der Waals surface area contributed by atoms with Crippen molar-refractivity contribution in [3.8, 4) is 17.1 Å². The molecule has 1 saturated carbocycles. The van der Waals surface area contributed by atoms with E-state index in [1.54, 1.807) is 20.2 Å². The molecule has 3 atom stereocenters. The summed E-state index contributed by atoms with van der Waals surface area (Å²) < 4.78 is 5.19. The predicted octanol–water partition coefficient (Wildman–Crippen LogP) is 5.09. The molecule has 1 unspecified atom stereocenters. The number of ether oxygens (including phenoxy) is 1. The summed E-state index contributed by atoms with van der Waals surface area (Å²) in [6.07, 6.45) is 4.12. The topological polar surface area (TPSA) is 67.3 Å². The molecule has 1 N–H and O–H groups in total. The van der Waals surface area contributed by atoms with Gasteiger partial charge in [0.25, 0.3) is 0 Å². The molecule has 6 heteroatoms. The quantitative estimate of drug-likeness (QED) is 0.613. The van der Waals surface area contributed by atoms with Crippen LogP contribution in [-0.2, 0) is 4.79 Å². The molecule has 0 bridgehead atoms. The van der Waals surface area contributed by atoms with Crippen molar-refractivity contribution in [2.45, 2.75) is 38.8 Å². The van der Waals surface area contributed by atoms with Crippen LogP contribution < -0.4 is 15.0 Å². The number of hydrogen-bond acceptors (Lipinski definition) is 5. The molecule has 0 radical (unpaired) electrons. The highest BCUT2D eigenvalue weighted by atomic mass is 16.5. The minimum atomic E-state index is -0.000225. The Bertz CT molecular complexity index is 1110. The van der Waals surface area contributed by atoms with Crippen LogP contribution in [0.2, 0.25) is 0 Å². The number of anilines is 2. The van der Waals surface area contributed by atoms with Gasteiger partial charge < -0.3 is 15.0 Å². The molecule has 3 heterocycles. The molecular formula is C26H28N4O2. The third kappa shape index (κ3) is 3.70. The molecule has 164 valence electrons. The van der Waals surface area contributed by atoms with E-state index in [1.165, 1.54) is 12.8 Å². The number of nitrogens with zero attached hydrogens (tertiary/aromatic N) is 3. The van der Waals surface area contributed by atoms with Crippen LogP contribution >= 0.6 is 0 Å². The number of methoxy groups -OCH3 is 1. The number of para-hydroxylation sites is 1. The molecule has 1 aliphatic carbocycles. The van der Waals surface area contributed by atoms with Gasteiger partial charge >= 0.3 is 0 Å². The van der Waals surface area contributed by atoms with Gasteiger partial charge in [-0.2, -0.15) is 0 Å². The lowest BCUT2D eigenvalue weighted by Crippen LogP contribution is -2.51. The molecular weight excluding hydrogens is 400 g/mol. The van der Waals surface area contributed by atoms with Crippen LogP contribution in [0.4, 0.5) is 11.4 Å². The van der Waals surface area contributed by atoms with E-state index in [0.717, 1.165) is 28.3 Å². The fourth-order valence-corrected chi connectivity index (χ4v) is 4.93. The Balaban J connectivity index is 1.61. The third-order valence-electron chi connectivity index (χ3n) is 6.60. The summed E-state index contributed by atoms with van der Waals surface area (Å²) in [6.45, 7) is 3.91. The molecule has 0 saturated heterocycles. The van der Waals surface area contributed by atoms with Gasteiger partial charge in [0.05, 0.1) is 30.2 Å². The summed E-state index contributed by atoms with van der Waals surface area (Å²) >= 11 is 0. The molecule has 6 nitrogen and oxygen atoms in total. The van der Waals surface area contributed by atoms with Gasteiger partial charge in [-0.1, -0.05) is 25.1 Å². The summed E-state index contributed by atoms with van der Waals surface area (Å²) in [4.78, 5) is 24.2. The second-order valence-corrected chi connectivity index (χ2v) is 8.75. The molecule has 1 aliphatic heterocycles. The zero-order chi connectivity index (χ0) is 22.2. The fourth-order valence-electron chi connectivity index (χ4n) is 4.93. The Hall–Kier alpha value is -3.41. The first-order valence-electron chi connectivity index (χ1n) is 11.2. The molecule has 3 aromatic rings. The first kappa shape index (κ1) is 20.5. The van der Waals surface area contributed by atoms with Crippen molar-refractivity contribution in [2.75, 3.05) is 17.3 Å². The van der Waals surface area contributed by atoms with E-state index in [1.807, 2.05) is 47.4 Å². The first-order chi connectivity index (χ1) is 15.6. The van der Waals surface area contributed by atoms with Crippen molar-refractivity contribution in [2.24, 2.45) is 11.8 Å². The third-order valence-corrected chi connectivity index (χ3v) is 6.60. The Morgan fingerprint density at radius 3 is 2.50 bits per heavy atom. The first-order valence-corrected chi connectivity index (χ1v) is 11.2. The highest BCUT2D eigenvalue weighted by Crippen LogP contribution is 2.49. The fraction of sp³-hybridized carbons (Fsp3) is 0.346. The van der Waals surface area contributed by atoms with Crippen molar-refractivity contribution in [1.82, 2.24) is 9.97 Å². The second-order valence-electron chi connectivity index (χ2n) is 8.75. The average molecular weight is 429 g/mol. The van der Waals surface area contributed by atoms with Gasteiger partial charge in [-0.25, -0.2) is 9.97 Å². The maximum atomic E-state index is 12.8. The van der Waals surface area contributed by atoms with Crippen molar-refractivity contribution in [3.63, 3.8) is 0 Å². The van der Waals surface area contributed by atoms with Crippen molar-refractivity contribution >= 4 is 17.3 Å². The van der Waals surface area contributed by atoms with Crippen LogP contribution in [0.25, 0.3) is 11.3 Å². The van der Waals surface area contributed by atoms with Crippen LogP contribution in [0, 0.1) is 11.8 Å². The summed E-state index contributed by atoms with van der Waals surface area (Å²) in [5, 5.41) is 3.72. The summed E-state index contributed by atoms with van der Waals surface area (Å²) in [6, 6.07) is 18.2. The van der Waals surface area contributed by atoms with Crippen LogP contribution in [0.15, 0.2) is 60.8 Å². The SMILES string of the molecule is COc1ccc(-c2ccc3c(n2)C(Nc2ccccc2)[C@@H](C)[C@H](C2CC2)N3C(C)=O)cn1. The van der Waals surface area contributed by atoms with Crippen LogP contribution in [0.3, 0.4) is 0 Å². The largest absolute Gasteiger partial charge is 0.481 e. The molecule has 1 fully saturated rings. The number of rotatable bonds is 5. The van der Waals surface area contributed by atoms with Gasteiger partial charge in [0.15, 0.2) is 0 Å². The number of hydrogen-bond donors (Lipinski definition) is 1. The minimum Gasteiger partial charge on any atom is -0.481 e. The van der Waals surface area contributed by atoms with E-state index in [-0.39, 0.29) is 23.9 Å². The number of carbonyl (C=O) groups excluding carboxylic acids is 1. The zero-order valence-electron chi connectivity index (χ0n) is 18.7. The summed E-state index contributed by atoms with van der Waals surface area (Å²) in [5.74, 6) is 1.41. The summed E-state index contributed by atoms with van der Waals surface area (Å²) in [5.41, 5.74) is 4.62. The Morgan fingerprint density at radius 1 is 1.09 bits per heavy atom. The normalized spacial score (nSPS) is 22.2. The van der Waals surface area contributed by atoms with Crippen molar-refractivity contribution in [3.05, 3.63) is 66.5 Å². The number of nitrogens with one attached hydrogen (secondary N) is 1. The lowest BCUT2D eigenvalue weighted by molar-refractivity contribution is -0.117. The van der Waals surface area contributed by atoms with E-state index in [4.69, 9.17) is 9.72 Å². The predicted molar refractivity (Wildman–Crippen MR) is 126 cm³/mol. The maximum Gasteiger partial charge on any atom is 0.224 e. The Kier molecular flexibility index (Phi) is 5.29. The van der Waals surface area contributed by atoms with Gasteiger partial charge in [0.1, 0.15) is 0 Å². The number of pyridine rings is 2. The van der Waals surface area contributed by atoms with Gasteiger partial charge in [-0.05, 0) is 49.1 Å². The van der Waals surface area contributed by atoms with E-state index in [0.29, 0.717) is 11.8 Å². The van der Waals surface area contributed by atoms with Gasteiger partial charge in [0.2, 0.25) is 11.8 Å². The van der Waals surface area contributed by atoms with E-state index < -0.39 is 0 Å². The maximum absolute atomic E-state index is 12.8. The highest BCUT2D eigenvalue weighted by molar-refractivity contribution is 5.94. The van der Waals surface area contributed by atoms with Crippen molar-refractivity contribution in [1.29, 1.82) is 0 Å². The molecule has 2 aromatic heterocycles. The molecule has 1 aromatic carbocycles. The summed E-state index contributed by atoms with van der Waals surface area (Å²) in [7, 11) is 1.60. The molecule has 1 amide bonds. The van der Waals surface area contributed by atoms with Crippen LogP contribution in [-0.4, -0.2) is 29.0 Å². The Labute approximate surface area is 188 Å². The highest BCUT2D eigenvalue weighted by Gasteiger charge is 2.48. The van der Waals surface area contributed by atoms with E-state index in [2.05, 4.69) is 29.4 Å². The van der Waals surface area contributed by atoms with Gasteiger partial charge in [-0.15, -0.1) is 0 Å². The number of amides is 1. The molecule has 0 spiro atoms. The minimum absolute atomic E-state index is 0.000225. The van der Waals surface area contributed by atoms with Crippen LogP contribution in [0.1, 0.15) is 38.4 Å². The van der Waals surface area contributed by atoms with E-state index in [9.17, 15) is 4.79 Å². The van der Waals surface area contributed by atoms with E-state index >= 15 is 0 Å². The lowest BCUT2D eigenvalue weighted by Gasteiger charge is -2.45. The average Bonchev–Trinajstić information content (AvgIpc) is 3.66. The number of benzene rings is 1. The smallest absolute Gasteiger partial charge is 0.224 e. The number of fused-ring (bicyclic) bond motifs is 1. The molecule has 32 heavy (non-hydrogen) atoms. The van der Waals surface area contributed by atoms with Crippen LogP contribution in [0.5, 0.6) is 5.88 Å². The van der Waals surface area contributed by atoms with Crippen molar-refractivity contribution < 1.29 is 9.53 Å². The number of aromatic nitrogens is 2. The lowest BCUT2D eigenvalue weighted by atomic mass is 9.82. The monoisotopic (exact) mass is 428 g/mol. The zero-order valence-corrected chi connectivity index (χ0v) is 18.7. The molecule has 2 aliphatic rings. The Morgan fingerprint density at radius 2 is 1.88 bits per heavy atom. The second kappa shape index (κ2) is 8.26. The van der Waals surface area contributed by atoms with Gasteiger partial charge in [-0.3, -0.25) is 4.79 Å². The molecule has 5 rings (SSSR count). The standard InChI is InChI=1S/C26H28N4O2/c1-16-24(28-20-7-5-4-6-8-20)25-22(30(17(2)31)26(16)18-9-10-18)13-12-21(29-25)19-11-14-23(32-3)27-15-19/h4-8,11-16,18,24,26,28H,9-10H2,1-3H3/t16-,24?,26-/m1/s1. The number of carbonyl (C=O) groups is 1. The van der Waals surface area contributed by atoms with Gasteiger partial charge in [0, 0.05) is 42.4 Å².